The van der Waals surface area contributed by atoms with Gasteiger partial charge in [0.1, 0.15) is 0 Å². The largest absolute Gasteiger partial charge is 0.380 e. The molecule has 5 heteroatoms. The molecule has 92 valence electrons. The van der Waals surface area contributed by atoms with Gasteiger partial charge in [0.05, 0.1) is 17.6 Å². The lowest BCUT2D eigenvalue weighted by molar-refractivity contribution is -0.385. The van der Waals surface area contributed by atoms with Crippen LogP contribution in [0.15, 0.2) is 12.1 Å². The Labute approximate surface area is 99.9 Å². The first-order chi connectivity index (χ1) is 8.08. The third-order valence-electron chi connectivity index (χ3n) is 3.03. The first kappa shape index (κ1) is 11.9. The molecule has 0 amide bonds. The molecular weight excluding hydrogens is 220 g/mol. The van der Waals surface area contributed by atoms with Gasteiger partial charge in [0.15, 0.2) is 0 Å². The van der Waals surface area contributed by atoms with Crippen molar-refractivity contribution in [3.63, 3.8) is 0 Å². The van der Waals surface area contributed by atoms with Crippen LogP contribution in [-0.2, 0) is 4.74 Å². The molecule has 1 aliphatic heterocycles. The Hall–Kier alpha value is -1.62. The van der Waals surface area contributed by atoms with Gasteiger partial charge in [-0.05, 0) is 31.9 Å². The highest BCUT2D eigenvalue weighted by Crippen LogP contribution is 2.27. The number of benzene rings is 1. The molecule has 1 fully saturated rings. The summed E-state index contributed by atoms with van der Waals surface area (Å²) in [4.78, 5) is 10.5. The second-order valence-electron chi connectivity index (χ2n) is 4.42. The number of nitrogens with one attached hydrogen (secondary N) is 1. The van der Waals surface area contributed by atoms with E-state index in [0.717, 1.165) is 24.3 Å². The van der Waals surface area contributed by atoms with Crippen molar-refractivity contribution in [1.82, 2.24) is 0 Å². The number of nitro groups is 1. The zero-order valence-corrected chi connectivity index (χ0v) is 10.0. The van der Waals surface area contributed by atoms with Crippen molar-refractivity contribution in [2.24, 2.45) is 0 Å². The molecule has 0 aromatic heterocycles. The van der Waals surface area contributed by atoms with Crippen molar-refractivity contribution in [1.29, 1.82) is 0 Å². The third-order valence-corrected chi connectivity index (χ3v) is 3.03. The van der Waals surface area contributed by atoms with Gasteiger partial charge in [0.25, 0.3) is 5.69 Å². The number of anilines is 1. The maximum absolute atomic E-state index is 10.8. The van der Waals surface area contributed by atoms with Gasteiger partial charge in [-0.3, -0.25) is 10.1 Å². The Morgan fingerprint density at radius 2 is 2.18 bits per heavy atom. The predicted molar refractivity (Wildman–Crippen MR) is 65.4 cm³/mol. The summed E-state index contributed by atoms with van der Waals surface area (Å²) in [5.74, 6) is 0. The quantitative estimate of drug-likeness (QED) is 0.646. The van der Waals surface area contributed by atoms with Crippen LogP contribution in [0.5, 0.6) is 0 Å². The molecule has 5 nitrogen and oxygen atoms in total. The van der Waals surface area contributed by atoms with Gasteiger partial charge in [-0.2, -0.15) is 0 Å². The lowest BCUT2D eigenvalue weighted by Gasteiger charge is -2.15. The van der Waals surface area contributed by atoms with Crippen molar-refractivity contribution in [3.8, 4) is 0 Å². The van der Waals surface area contributed by atoms with E-state index in [1.807, 2.05) is 13.0 Å². The molecule has 1 saturated heterocycles. The number of nitro benzene ring substituents is 1. The Kier molecular flexibility index (Phi) is 3.28. The van der Waals surface area contributed by atoms with E-state index >= 15 is 0 Å². The van der Waals surface area contributed by atoms with Gasteiger partial charge in [0, 0.05) is 23.9 Å². The standard InChI is InChI=1S/C12H16N2O3/c1-8-6-12(14(15)16)9(2)5-11(8)13-10-3-4-17-7-10/h5-6,10,13H,3-4,7H2,1-2H3. The first-order valence-corrected chi connectivity index (χ1v) is 5.68. The molecule has 0 radical (unpaired) electrons. The Morgan fingerprint density at radius 1 is 1.41 bits per heavy atom. The summed E-state index contributed by atoms with van der Waals surface area (Å²) >= 11 is 0. The van der Waals surface area contributed by atoms with E-state index in [1.54, 1.807) is 13.0 Å². The summed E-state index contributed by atoms with van der Waals surface area (Å²) in [6, 6.07) is 3.77. The van der Waals surface area contributed by atoms with E-state index in [1.165, 1.54) is 0 Å². The number of aryl methyl sites for hydroxylation is 2. The maximum atomic E-state index is 10.8. The van der Waals surface area contributed by atoms with E-state index in [4.69, 9.17) is 4.74 Å². The molecule has 1 unspecified atom stereocenters. The summed E-state index contributed by atoms with van der Waals surface area (Å²) < 4.78 is 5.29. The fourth-order valence-electron chi connectivity index (χ4n) is 2.02. The zero-order valence-electron chi connectivity index (χ0n) is 10.0. The van der Waals surface area contributed by atoms with Crippen molar-refractivity contribution in [3.05, 3.63) is 33.4 Å². The van der Waals surface area contributed by atoms with Gasteiger partial charge >= 0.3 is 0 Å². The number of hydrogen-bond acceptors (Lipinski definition) is 4. The minimum absolute atomic E-state index is 0.177. The number of rotatable bonds is 3. The highest BCUT2D eigenvalue weighted by Gasteiger charge is 2.18. The third kappa shape index (κ3) is 2.55. The second-order valence-corrected chi connectivity index (χ2v) is 4.42. The molecule has 0 aliphatic carbocycles. The van der Waals surface area contributed by atoms with Crippen LogP contribution in [-0.4, -0.2) is 24.2 Å². The lowest BCUT2D eigenvalue weighted by Crippen LogP contribution is -2.19. The Bertz CT molecular complexity index is 440. The van der Waals surface area contributed by atoms with Gasteiger partial charge in [-0.1, -0.05) is 0 Å². The van der Waals surface area contributed by atoms with Crippen molar-refractivity contribution < 1.29 is 9.66 Å². The molecule has 17 heavy (non-hydrogen) atoms. The molecule has 1 aromatic rings. The fraction of sp³-hybridized carbons (Fsp3) is 0.500. The fourth-order valence-corrected chi connectivity index (χ4v) is 2.02. The molecule has 0 bridgehead atoms. The smallest absolute Gasteiger partial charge is 0.272 e. The summed E-state index contributed by atoms with van der Waals surface area (Å²) in [6.07, 6.45) is 0.982. The average molecular weight is 236 g/mol. The van der Waals surface area contributed by atoms with E-state index in [-0.39, 0.29) is 10.6 Å². The van der Waals surface area contributed by atoms with Crippen LogP contribution in [0.3, 0.4) is 0 Å². The topological polar surface area (TPSA) is 64.4 Å². The molecule has 1 aromatic carbocycles. The van der Waals surface area contributed by atoms with E-state index in [9.17, 15) is 10.1 Å². The second kappa shape index (κ2) is 4.71. The van der Waals surface area contributed by atoms with Crippen molar-refractivity contribution in [2.75, 3.05) is 18.5 Å². The maximum Gasteiger partial charge on any atom is 0.272 e. The van der Waals surface area contributed by atoms with Crippen LogP contribution in [0.1, 0.15) is 17.5 Å². The van der Waals surface area contributed by atoms with Crippen LogP contribution in [0.25, 0.3) is 0 Å². The van der Waals surface area contributed by atoms with Crippen molar-refractivity contribution in [2.45, 2.75) is 26.3 Å². The molecule has 1 aliphatic rings. The van der Waals surface area contributed by atoms with Crippen LogP contribution in [0.4, 0.5) is 11.4 Å². The highest BCUT2D eigenvalue weighted by molar-refractivity contribution is 5.59. The number of ether oxygens (including phenoxy) is 1. The summed E-state index contributed by atoms with van der Waals surface area (Å²) in [7, 11) is 0. The molecule has 0 saturated carbocycles. The van der Waals surface area contributed by atoms with Gasteiger partial charge in [-0.25, -0.2) is 0 Å². The molecular formula is C12H16N2O3. The van der Waals surface area contributed by atoms with Gasteiger partial charge < -0.3 is 10.1 Å². The van der Waals surface area contributed by atoms with Crippen LogP contribution >= 0.6 is 0 Å². The SMILES string of the molecule is Cc1cc([N+](=O)[O-])c(C)cc1NC1CCOC1. The molecule has 0 spiro atoms. The monoisotopic (exact) mass is 236 g/mol. The zero-order chi connectivity index (χ0) is 12.4. The lowest BCUT2D eigenvalue weighted by atomic mass is 10.1. The molecule has 1 atom stereocenters. The minimum Gasteiger partial charge on any atom is -0.380 e. The highest BCUT2D eigenvalue weighted by atomic mass is 16.6. The minimum atomic E-state index is -0.342. The number of hydrogen-bond donors (Lipinski definition) is 1. The molecule has 1 N–H and O–H groups in total. The normalized spacial score (nSPS) is 19.3. The molecule has 2 rings (SSSR count). The van der Waals surface area contributed by atoms with E-state index in [2.05, 4.69) is 5.32 Å². The van der Waals surface area contributed by atoms with E-state index in [0.29, 0.717) is 18.2 Å². The summed E-state index contributed by atoms with van der Waals surface area (Å²) in [5, 5.41) is 14.2. The van der Waals surface area contributed by atoms with Crippen molar-refractivity contribution >= 4 is 11.4 Å². The summed E-state index contributed by atoms with van der Waals surface area (Å²) in [6.45, 7) is 5.12. The Morgan fingerprint density at radius 3 is 2.76 bits per heavy atom. The van der Waals surface area contributed by atoms with E-state index < -0.39 is 0 Å². The predicted octanol–water partition coefficient (Wildman–Crippen LogP) is 2.41. The molecule has 1 heterocycles. The van der Waals surface area contributed by atoms with Crippen LogP contribution in [0.2, 0.25) is 0 Å². The van der Waals surface area contributed by atoms with Crippen LogP contribution in [0, 0.1) is 24.0 Å². The van der Waals surface area contributed by atoms with Gasteiger partial charge in [-0.15, -0.1) is 0 Å². The first-order valence-electron chi connectivity index (χ1n) is 5.68. The average Bonchev–Trinajstić information content (AvgIpc) is 2.75. The number of nitrogens with zero attached hydrogens (tertiary/aromatic N) is 1. The Balaban J connectivity index is 2.23. The van der Waals surface area contributed by atoms with Crippen LogP contribution < -0.4 is 5.32 Å². The van der Waals surface area contributed by atoms with Gasteiger partial charge in [0.2, 0.25) is 0 Å². The summed E-state index contributed by atoms with van der Waals surface area (Å²) in [5.41, 5.74) is 2.72.